The number of nitrogens with zero attached hydrogens (tertiary/aromatic N) is 2. The molecule has 2 aromatic rings. The lowest BCUT2D eigenvalue weighted by Gasteiger charge is -2.23. The van der Waals surface area contributed by atoms with Crippen molar-refractivity contribution < 1.29 is 0 Å². The zero-order chi connectivity index (χ0) is 13.7. The van der Waals surface area contributed by atoms with E-state index in [2.05, 4.69) is 35.0 Å². The van der Waals surface area contributed by atoms with Crippen LogP contribution in [-0.2, 0) is 0 Å². The Kier molecular flexibility index (Phi) is 4.00. The lowest BCUT2D eigenvalue weighted by atomic mass is 10.1. The van der Waals surface area contributed by atoms with Gasteiger partial charge < -0.3 is 4.90 Å². The number of rotatable bonds is 5. The van der Waals surface area contributed by atoms with Gasteiger partial charge in [0.25, 0.3) is 0 Å². The van der Waals surface area contributed by atoms with E-state index in [9.17, 15) is 0 Å². The molecule has 0 heterocycles. The molecule has 19 heavy (non-hydrogen) atoms. The van der Waals surface area contributed by atoms with Gasteiger partial charge in [-0.1, -0.05) is 42.5 Å². The first-order valence-electron chi connectivity index (χ1n) is 6.17. The van der Waals surface area contributed by atoms with Crippen LogP contribution in [0.25, 0.3) is 15.6 Å². The lowest BCUT2D eigenvalue weighted by Crippen LogP contribution is -2.23. The van der Waals surface area contributed by atoms with Gasteiger partial charge in [-0.05, 0) is 16.8 Å². The third-order valence-electron chi connectivity index (χ3n) is 3.04. The van der Waals surface area contributed by atoms with Crippen LogP contribution in [0.1, 0.15) is 0 Å². The highest BCUT2D eigenvalue weighted by atomic mass is 15.1. The molecular weight excluding hydrogens is 232 g/mol. The second kappa shape index (κ2) is 5.88. The molecule has 0 aliphatic carbocycles. The first kappa shape index (κ1) is 12.9. The first-order valence-corrected chi connectivity index (χ1v) is 6.17. The summed E-state index contributed by atoms with van der Waals surface area (Å²) in [7, 11) is 0. The molecule has 0 atom stereocenters. The highest BCUT2D eigenvalue weighted by Crippen LogP contribution is 2.32. The van der Waals surface area contributed by atoms with E-state index < -0.39 is 0 Å². The van der Waals surface area contributed by atoms with E-state index in [1.807, 2.05) is 36.4 Å². The predicted octanol–water partition coefficient (Wildman–Crippen LogP) is 4.57. The second-order valence-electron chi connectivity index (χ2n) is 4.24. The standard InChI is InChI=1S/C17H16N2/c1-4-12-19(13-5-2)17-11-7-8-14-15(17)9-6-10-16(14)18-3/h4-11H,1-2,12-13H2. The van der Waals surface area contributed by atoms with Crippen molar-refractivity contribution in [1.82, 2.24) is 0 Å². The first-order chi connectivity index (χ1) is 9.31. The van der Waals surface area contributed by atoms with Crippen LogP contribution in [0.3, 0.4) is 0 Å². The largest absolute Gasteiger partial charge is 0.364 e. The highest BCUT2D eigenvalue weighted by Gasteiger charge is 2.09. The van der Waals surface area contributed by atoms with Gasteiger partial charge in [0, 0.05) is 18.8 Å². The Labute approximate surface area is 114 Å². The van der Waals surface area contributed by atoms with Gasteiger partial charge in [-0.25, -0.2) is 4.85 Å². The summed E-state index contributed by atoms with van der Waals surface area (Å²) < 4.78 is 0. The van der Waals surface area contributed by atoms with Gasteiger partial charge in [0.05, 0.1) is 6.57 Å². The molecule has 0 aromatic heterocycles. The van der Waals surface area contributed by atoms with E-state index >= 15 is 0 Å². The van der Waals surface area contributed by atoms with Crippen LogP contribution in [0.5, 0.6) is 0 Å². The monoisotopic (exact) mass is 248 g/mol. The molecule has 0 aliphatic rings. The van der Waals surface area contributed by atoms with Crippen LogP contribution in [0, 0.1) is 6.57 Å². The summed E-state index contributed by atoms with van der Waals surface area (Å²) in [4.78, 5) is 5.77. The van der Waals surface area contributed by atoms with E-state index in [4.69, 9.17) is 6.57 Å². The number of anilines is 1. The van der Waals surface area contributed by atoms with Crippen molar-refractivity contribution in [2.45, 2.75) is 0 Å². The molecule has 0 aliphatic heterocycles. The maximum absolute atomic E-state index is 7.24. The van der Waals surface area contributed by atoms with Gasteiger partial charge in [0.15, 0.2) is 5.69 Å². The van der Waals surface area contributed by atoms with E-state index in [1.165, 1.54) is 0 Å². The Morgan fingerprint density at radius 2 is 1.63 bits per heavy atom. The second-order valence-corrected chi connectivity index (χ2v) is 4.24. The summed E-state index contributed by atoms with van der Waals surface area (Å²) in [5, 5.41) is 2.09. The average Bonchev–Trinajstić information content (AvgIpc) is 2.46. The molecule has 2 aromatic carbocycles. The van der Waals surface area contributed by atoms with Crippen LogP contribution in [0.4, 0.5) is 11.4 Å². The van der Waals surface area contributed by atoms with Gasteiger partial charge in [0.2, 0.25) is 0 Å². The molecule has 2 rings (SSSR count). The Morgan fingerprint density at radius 3 is 2.26 bits per heavy atom. The van der Waals surface area contributed by atoms with Crippen molar-refractivity contribution in [3.63, 3.8) is 0 Å². The summed E-state index contributed by atoms with van der Waals surface area (Å²) in [6.07, 6.45) is 3.75. The van der Waals surface area contributed by atoms with Crippen LogP contribution in [0.15, 0.2) is 61.7 Å². The quantitative estimate of drug-likeness (QED) is 0.555. The molecule has 2 nitrogen and oxygen atoms in total. The Hall–Kier alpha value is -2.53. The number of fused-ring (bicyclic) bond motifs is 1. The minimum absolute atomic E-state index is 0.691. The van der Waals surface area contributed by atoms with Crippen molar-refractivity contribution >= 4 is 22.1 Å². The smallest absolute Gasteiger partial charge is 0.194 e. The molecule has 0 unspecified atom stereocenters. The minimum Gasteiger partial charge on any atom is -0.364 e. The molecule has 0 saturated carbocycles. The lowest BCUT2D eigenvalue weighted by molar-refractivity contribution is 0.963. The summed E-state index contributed by atoms with van der Waals surface area (Å²) in [5.41, 5.74) is 1.80. The molecule has 0 bridgehead atoms. The molecule has 94 valence electrons. The van der Waals surface area contributed by atoms with E-state index in [1.54, 1.807) is 0 Å². The fourth-order valence-corrected chi connectivity index (χ4v) is 2.23. The van der Waals surface area contributed by atoms with E-state index in [0.717, 1.165) is 29.5 Å². The molecule has 0 N–H and O–H groups in total. The van der Waals surface area contributed by atoms with Crippen molar-refractivity contribution in [3.8, 4) is 0 Å². The highest BCUT2D eigenvalue weighted by molar-refractivity contribution is 6.02. The molecule has 0 saturated heterocycles. The zero-order valence-corrected chi connectivity index (χ0v) is 10.8. The van der Waals surface area contributed by atoms with E-state index in [0.29, 0.717) is 5.69 Å². The molecule has 0 spiro atoms. The fourth-order valence-electron chi connectivity index (χ4n) is 2.23. The summed E-state index contributed by atoms with van der Waals surface area (Å²) >= 11 is 0. The summed E-state index contributed by atoms with van der Waals surface area (Å²) in [5.74, 6) is 0. The van der Waals surface area contributed by atoms with Crippen LogP contribution < -0.4 is 4.90 Å². The van der Waals surface area contributed by atoms with Crippen molar-refractivity contribution in [1.29, 1.82) is 0 Å². The maximum atomic E-state index is 7.24. The molecule has 0 fully saturated rings. The molecular formula is C17H16N2. The van der Waals surface area contributed by atoms with Crippen molar-refractivity contribution in [2.75, 3.05) is 18.0 Å². The number of benzene rings is 2. The van der Waals surface area contributed by atoms with Crippen LogP contribution >= 0.6 is 0 Å². The van der Waals surface area contributed by atoms with Gasteiger partial charge in [-0.15, -0.1) is 13.2 Å². The Balaban J connectivity index is 2.63. The SMILES string of the molecule is [C-]#[N+]c1cccc2c(N(CC=C)CC=C)cccc12. The van der Waals surface area contributed by atoms with Crippen LogP contribution in [-0.4, -0.2) is 13.1 Å². The molecule has 0 amide bonds. The third-order valence-corrected chi connectivity index (χ3v) is 3.04. The zero-order valence-electron chi connectivity index (χ0n) is 10.8. The normalized spacial score (nSPS) is 9.84. The number of hydrogen-bond donors (Lipinski definition) is 0. The Morgan fingerprint density at radius 1 is 1.00 bits per heavy atom. The molecule has 0 radical (unpaired) electrons. The van der Waals surface area contributed by atoms with Crippen LogP contribution in [0.2, 0.25) is 0 Å². The fraction of sp³-hybridized carbons (Fsp3) is 0.118. The van der Waals surface area contributed by atoms with Gasteiger partial charge in [-0.3, -0.25) is 0 Å². The van der Waals surface area contributed by atoms with E-state index in [-0.39, 0.29) is 0 Å². The summed E-state index contributed by atoms with van der Waals surface area (Å²) in [6, 6.07) is 11.9. The predicted molar refractivity (Wildman–Crippen MR) is 82.8 cm³/mol. The Bertz CT molecular complexity index is 640. The minimum atomic E-state index is 0.691. The van der Waals surface area contributed by atoms with Crippen molar-refractivity contribution in [3.05, 3.63) is 73.1 Å². The maximum Gasteiger partial charge on any atom is 0.194 e. The average molecular weight is 248 g/mol. The summed E-state index contributed by atoms with van der Waals surface area (Å²) in [6.45, 7) is 16.4. The topological polar surface area (TPSA) is 7.60 Å². The van der Waals surface area contributed by atoms with Crippen molar-refractivity contribution in [2.24, 2.45) is 0 Å². The van der Waals surface area contributed by atoms with Gasteiger partial charge in [-0.2, -0.15) is 0 Å². The van der Waals surface area contributed by atoms with Gasteiger partial charge in [0.1, 0.15) is 0 Å². The molecule has 2 heteroatoms. The van der Waals surface area contributed by atoms with Gasteiger partial charge >= 0.3 is 0 Å². The third kappa shape index (κ3) is 2.51. The number of hydrogen-bond acceptors (Lipinski definition) is 1.